The third-order valence-corrected chi connectivity index (χ3v) is 5.27. The number of H-pyrrole nitrogens is 1. The lowest BCUT2D eigenvalue weighted by atomic mass is 10.2. The Labute approximate surface area is 189 Å². The molecule has 166 valence electrons. The molecule has 0 fully saturated rings. The third-order valence-electron chi connectivity index (χ3n) is 4.40. The molecule has 0 aliphatic heterocycles. The molecule has 0 radical (unpaired) electrons. The van der Waals surface area contributed by atoms with Crippen molar-refractivity contribution in [1.29, 1.82) is 0 Å². The second-order valence-electron chi connectivity index (χ2n) is 6.89. The predicted octanol–water partition coefficient (Wildman–Crippen LogP) is 3.71. The lowest BCUT2D eigenvalue weighted by Gasteiger charge is -2.08. The van der Waals surface area contributed by atoms with Crippen LogP contribution in [0.3, 0.4) is 0 Å². The first-order valence-corrected chi connectivity index (χ1v) is 11.0. The van der Waals surface area contributed by atoms with E-state index >= 15 is 0 Å². The van der Waals surface area contributed by atoms with Crippen molar-refractivity contribution < 1.29 is 14.3 Å². The molecule has 0 saturated carbocycles. The molecule has 3 aromatic rings. The number of thioether (sulfide) groups is 1. The van der Waals surface area contributed by atoms with Crippen molar-refractivity contribution in [2.24, 2.45) is 0 Å². The van der Waals surface area contributed by atoms with Crippen LogP contribution in [0.1, 0.15) is 29.4 Å². The lowest BCUT2D eigenvalue weighted by molar-refractivity contribution is -0.113. The zero-order chi connectivity index (χ0) is 22.9. The van der Waals surface area contributed by atoms with Crippen molar-refractivity contribution >= 4 is 35.0 Å². The summed E-state index contributed by atoms with van der Waals surface area (Å²) in [6.45, 7) is 2.01. The first-order valence-electron chi connectivity index (χ1n) is 10.0. The molecule has 9 heteroatoms. The molecular weight excluding hydrogens is 428 g/mol. The van der Waals surface area contributed by atoms with Crippen LogP contribution < -0.4 is 20.9 Å². The van der Waals surface area contributed by atoms with Gasteiger partial charge in [-0.3, -0.25) is 14.4 Å². The number of nitrogens with zero attached hydrogens (tertiary/aromatic N) is 1. The Balaban J connectivity index is 1.52. The van der Waals surface area contributed by atoms with Crippen molar-refractivity contribution in [3.8, 4) is 5.75 Å². The highest BCUT2D eigenvalue weighted by Gasteiger charge is 2.09. The topological polar surface area (TPSA) is 113 Å². The number of methoxy groups -OCH3 is 1. The first kappa shape index (κ1) is 23.1. The molecule has 0 spiro atoms. The number of hydrogen-bond donors (Lipinski definition) is 3. The number of aryl methyl sites for hydroxylation is 1. The number of ether oxygens (including phenoxy) is 1. The van der Waals surface area contributed by atoms with Gasteiger partial charge in [-0.2, -0.15) is 0 Å². The van der Waals surface area contributed by atoms with Crippen LogP contribution in [0.25, 0.3) is 0 Å². The van der Waals surface area contributed by atoms with Crippen LogP contribution in [0.4, 0.5) is 11.4 Å². The van der Waals surface area contributed by atoms with Crippen molar-refractivity contribution in [1.82, 2.24) is 9.97 Å². The van der Waals surface area contributed by atoms with Crippen LogP contribution >= 0.6 is 11.8 Å². The minimum absolute atomic E-state index is 0.0955. The molecule has 0 unspecified atom stereocenters. The third kappa shape index (κ3) is 6.71. The Morgan fingerprint density at radius 1 is 1.03 bits per heavy atom. The van der Waals surface area contributed by atoms with Gasteiger partial charge in [0.2, 0.25) is 5.91 Å². The summed E-state index contributed by atoms with van der Waals surface area (Å²) < 4.78 is 5.10. The van der Waals surface area contributed by atoms with E-state index in [-0.39, 0.29) is 23.1 Å². The van der Waals surface area contributed by atoms with Crippen LogP contribution in [0.15, 0.2) is 64.5 Å². The predicted molar refractivity (Wildman–Crippen MR) is 126 cm³/mol. The van der Waals surface area contributed by atoms with Crippen LogP contribution in [-0.4, -0.2) is 34.6 Å². The highest BCUT2D eigenvalue weighted by atomic mass is 32.2. The average Bonchev–Trinajstić information content (AvgIpc) is 2.78. The lowest BCUT2D eigenvalue weighted by Crippen LogP contribution is -2.16. The molecule has 0 aliphatic rings. The zero-order valence-electron chi connectivity index (χ0n) is 17.8. The number of carbonyl (C=O) groups excluding carboxylic acids is 2. The molecule has 2 aromatic carbocycles. The van der Waals surface area contributed by atoms with Crippen LogP contribution in [-0.2, 0) is 11.2 Å². The fourth-order valence-electron chi connectivity index (χ4n) is 2.85. The number of anilines is 2. The summed E-state index contributed by atoms with van der Waals surface area (Å²) >= 11 is 1.16. The fraction of sp³-hybridized carbons (Fsp3) is 0.217. The van der Waals surface area contributed by atoms with E-state index in [0.29, 0.717) is 40.0 Å². The van der Waals surface area contributed by atoms with Crippen molar-refractivity contribution in [3.63, 3.8) is 0 Å². The number of hydrogen-bond acceptors (Lipinski definition) is 6. The van der Waals surface area contributed by atoms with Gasteiger partial charge in [0.1, 0.15) is 5.75 Å². The van der Waals surface area contributed by atoms with Crippen LogP contribution in [0, 0.1) is 0 Å². The van der Waals surface area contributed by atoms with Crippen molar-refractivity contribution in [3.05, 3.63) is 76.2 Å². The summed E-state index contributed by atoms with van der Waals surface area (Å²) in [5, 5.41) is 5.99. The van der Waals surface area contributed by atoms with Gasteiger partial charge in [-0.1, -0.05) is 25.1 Å². The molecule has 0 bridgehead atoms. The minimum Gasteiger partial charge on any atom is -0.497 e. The van der Waals surface area contributed by atoms with E-state index in [4.69, 9.17) is 4.74 Å². The number of nitrogens with one attached hydrogen (secondary N) is 3. The molecule has 2 amide bonds. The monoisotopic (exact) mass is 452 g/mol. The molecule has 1 heterocycles. The second kappa shape index (κ2) is 11.1. The smallest absolute Gasteiger partial charge is 0.255 e. The summed E-state index contributed by atoms with van der Waals surface area (Å²) in [7, 11) is 1.58. The highest BCUT2D eigenvalue weighted by Crippen LogP contribution is 2.17. The summed E-state index contributed by atoms with van der Waals surface area (Å²) in [6.07, 6.45) is 1.59. The van der Waals surface area contributed by atoms with Crippen molar-refractivity contribution in [2.75, 3.05) is 23.5 Å². The second-order valence-corrected chi connectivity index (χ2v) is 7.85. The largest absolute Gasteiger partial charge is 0.497 e. The van der Waals surface area contributed by atoms with Crippen LogP contribution in [0.5, 0.6) is 5.75 Å². The Morgan fingerprint density at radius 2 is 1.69 bits per heavy atom. The Kier molecular flexibility index (Phi) is 8.04. The maximum atomic E-state index is 12.4. The first-order chi connectivity index (χ1) is 15.5. The van der Waals surface area contributed by atoms with Gasteiger partial charge < -0.3 is 20.4 Å². The number of amides is 2. The molecule has 3 rings (SSSR count). The maximum Gasteiger partial charge on any atom is 0.255 e. The van der Waals surface area contributed by atoms with Gasteiger partial charge in [0.25, 0.3) is 11.5 Å². The highest BCUT2D eigenvalue weighted by molar-refractivity contribution is 7.99. The number of carbonyl (C=O) groups is 2. The van der Waals surface area contributed by atoms with Crippen LogP contribution in [0.2, 0.25) is 0 Å². The number of aromatic amines is 1. The standard InChI is InChI=1S/C23H24N4O4S/c1-3-4-18-13-20(28)27-23(26-18)32-14-21(29)24-16-7-5-15(6-8-16)22(30)25-17-9-11-19(31-2)12-10-17/h5-13H,3-4,14H2,1-2H3,(H,24,29)(H,25,30)(H,26,27,28). The summed E-state index contributed by atoms with van der Waals surface area (Å²) in [5.74, 6) is 0.301. The number of benzene rings is 2. The van der Waals surface area contributed by atoms with E-state index in [1.54, 1.807) is 55.6 Å². The van der Waals surface area contributed by atoms with Gasteiger partial charge >= 0.3 is 0 Å². The van der Waals surface area contributed by atoms with Gasteiger partial charge in [-0.05, 0) is 55.0 Å². The Hall–Kier alpha value is -3.59. The molecular formula is C23H24N4O4S. The quantitative estimate of drug-likeness (QED) is 0.337. The van der Waals surface area contributed by atoms with E-state index in [1.165, 1.54) is 6.07 Å². The summed E-state index contributed by atoms with van der Waals surface area (Å²) in [4.78, 5) is 43.3. The normalized spacial score (nSPS) is 10.4. The van der Waals surface area contributed by atoms with E-state index < -0.39 is 0 Å². The Bertz CT molecular complexity index is 1130. The van der Waals surface area contributed by atoms with E-state index in [0.717, 1.165) is 18.2 Å². The molecule has 0 saturated heterocycles. The Morgan fingerprint density at radius 3 is 2.34 bits per heavy atom. The summed E-state index contributed by atoms with van der Waals surface area (Å²) in [5.41, 5.74) is 2.16. The van der Waals surface area contributed by atoms with E-state index in [9.17, 15) is 14.4 Å². The average molecular weight is 453 g/mol. The number of aromatic nitrogens is 2. The number of rotatable bonds is 9. The van der Waals surface area contributed by atoms with Gasteiger partial charge in [-0.15, -0.1) is 0 Å². The maximum absolute atomic E-state index is 12.4. The molecule has 3 N–H and O–H groups in total. The van der Waals surface area contributed by atoms with Gasteiger partial charge in [0.15, 0.2) is 5.16 Å². The van der Waals surface area contributed by atoms with E-state index in [2.05, 4.69) is 20.6 Å². The van der Waals surface area contributed by atoms with Gasteiger partial charge in [-0.25, -0.2) is 4.98 Å². The molecule has 0 aliphatic carbocycles. The van der Waals surface area contributed by atoms with Gasteiger partial charge in [0.05, 0.1) is 12.9 Å². The van der Waals surface area contributed by atoms with E-state index in [1.807, 2.05) is 6.92 Å². The van der Waals surface area contributed by atoms with Gasteiger partial charge in [0, 0.05) is 28.7 Å². The molecule has 1 aromatic heterocycles. The minimum atomic E-state index is -0.259. The molecule has 8 nitrogen and oxygen atoms in total. The fourth-order valence-corrected chi connectivity index (χ4v) is 3.54. The van der Waals surface area contributed by atoms with Crippen molar-refractivity contribution in [2.45, 2.75) is 24.9 Å². The summed E-state index contributed by atoms with van der Waals surface area (Å²) in [6, 6.07) is 15.1. The molecule has 0 atom stereocenters. The molecule has 32 heavy (non-hydrogen) atoms. The zero-order valence-corrected chi connectivity index (χ0v) is 18.6. The SMILES string of the molecule is CCCc1cc(=O)[nH]c(SCC(=O)Nc2ccc(C(=O)Nc3ccc(OC)cc3)cc2)n1.